The first-order valence-electron chi connectivity index (χ1n) is 11.7. The molecule has 2 aliphatic rings. The summed E-state index contributed by atoms with van der Waals surface area (Å²) in [6, 6.07) is 12.7. The minimum atomic E-state index is -0.448. The predicted molar refractivity (Wildman–Crippen MR) is 156 cm³/mol. The lowest BCUT2D eigenvalue weighted by atomic mass is 10.2. The molecule has 4 rings (SSSR count). The maximum atomic E-state index is 13.4. The third-order valence-corrected chi connectivity index (χ3v) is 8.22. The van der Waals surface area contributed by atoms with Crippen LogP contribution < -0.4 is 9.80 Å². The van der Waals surface area contributed by atoms with Gasteiger partial charge >= 0.3 is 11.9 Å². The van der Waals surface area contributed by atoms with Crippen LogP contribution in [-0.2, 0) is 19.1 Å². The van der Waals surface area contributed by atoms with Crippen LogP contribution in [0.4, 0.5) is 11.4 Å². The molecule has 2 aromatic carbocycles. The molecule has 0 unspecified atom stereocenters. The Kier molecular flexibility index (Phi) is 8.98. The number of amides is 2. The third-order valence-electron chi connectivity index (χ3n) is 5.34. The van der Waals surface area contributed by atoms with Crippen LogP contribution in [0, 0.1) is 0 Å². The summed E-state index contributed by atoms with van der Waals surface area (Å²) in [5.74, 6) is -1.79. The van der Waals surface area contributed by atoms with Crippen LogP contribution >= 0.6 is 48.0 Å². The van der Waals surface area contributed by atoms with E-state index in [9.17, 15) is 19.2 Å². The van der Waals surface area contributed by atoms with Crippen molar-refractivity contribution in [1.82, 2.24) is 0 Å². The molecule has 0 saturated carbocycles. The normalized spacial score (nSPS) is 17.4. The van der Waals surface area contributed by atoms with Gasteiger partial charge < -0.3 is 9.47 Å². The minimum absolute atomic E-state index is 0.182. The summed E-state index contributed by atoms with van der Waals surface area (Å²) in [7, 11) is 0. The van der Waals surface area contributed by atoms with Crippen molar-refractivity contribution in [2.75, 3.05) is 23.0 Å². The fourth-order valence-corrected chi connectivity index (χ4v) is 6.26. The fraction of sp³-hybridized carbons (Fsp3) is 0.231. The zero-order chi connectivity index (χ0) is 27.4. The summed E-state index contributed by atoms with van der Waals surface area (Å²) in [5, 5.41) is 0. The van der Waals surface area contributed by atoms with Crippen LogP contribution in [0.3, 0.4) is 0 Å². The van der Waals surface area contributed by atoms with E-state index in [1.807, 2.05) is 13.8 Å². The lowest BCUT2D eigenvalue weighted by molar-refractivity contribution is -0.115. The van der Waals surface area contributed by atoms with Crippen LogP contribution in [-0.4, -0.2) is 45.6 Å². The number of esters is 2. The number of rotatable bonds is 8. The first-order valence-corrected chi connectivity index (χ1v) is 14.1. The Morgan fingerprint density at radius 1 is 0.684 bits per heavy atom. The van der Waals surface area contributed by atoms with Crippen LogP contribution in [0.1, 0.15) is 47.4 Å². The Labute approximate surface area is 238 Å². The van der Waals surface area contributed by atoms with Gasteiger partial charge in [-0.2, -0.15) is 0 Å². The number of ether oxygens (including phenoxy) is 2. The molecule has 2 aromatic rings. The first-order chi connectivity index (χ1) is 18.3. The second-order valence-corrected chi connectivity index (χ2v) is 11.3. The number of thioether (sulfide) groups is 2. The fourth-order valence-electron chi connectivity index (χ4n) is 3.50. The molecule has 12 heteroatoms. The van der Waals surface area contributed by atoms with Gasteiger partial charge in [-0.1, -0.05) is 61.8 Å². The average Bonchev–Trinajstić information content (AvgIpc) is 3.38. The Bertz CT molecular complexity index is 1250. The number of nitrogens with zero attached hydrogens (tertiary/aromatic N) is 2. The molecule has 2 amide bonds. The van der Waals surface area contributed by atoms with E-state index in [2.05, 4.69) is 0 Å². The van der Waals surface area contributed by atoms with Gasteiger partial charge in [0.2, 0.25) is 0 Å². The van der Waals surface area contributed by atoms with Gasteiger partial charge in [-0.15, -0.1) is 0 Å². The third kappa shape index (κ3) is 5.68. The molecule has 2 heterocycles. The largest absolute Gasteiger partial charge is 0.462 e. The molecule has 0 aromatic heterocycles. The van der Waals surface area contributed by atoms with Crippen LogP contribution in [0.5, 0.6) is 0 Å². The van der Waals surface area contributed by atoms with Crippen molar-refractivity contribution in [1.29, 1.82) is 0 Å². The standard InChI is InChI=1S/C26H22N2O6S4/c1-3-13-33-23(31)15-5-9-17(10-6-15)27-21(29)19(37-25(27)35)20-22(30)28(26(36)38-20)18-11-7-16(8-12-18)24(32)34-14-4-2/h5-12H,3-4,13-14H2,1-2H3. The number of hydrogen-bond acceptors (Lipinski definition) is 10. The molecular formula is C26H22N2O6S4. The second kappa shape index (κ2) is 12.2. The summed E-state index contributed by atoms with van der Waals surface area (Å²) in [4.78, 5) is 53.9. The SMILES string of the molecule is CCCOC(=O)c1ccc(N2C(=O)C(=C3SC(=S)N(c4ccc(C(=O)OCCC)cc4)C3=O)SC2=S)cc1. The lowest BCUT2D eigenvalue weighted by Crippen LogP contribution is -2.29. The van der Waals surface area contributed by atoms with Crippen molar-refractivity contribution in [3.8, 4) is 0 Å². The van der Waals surface area contributed by atoms with E-state index in [1.165, 1.54) is 9.80 Å². The Hall–Kier alpha value is -3.06. The van der Waals surface area contributed by atoms with E-state index < -0.39 is 23.8 Å². The van der Waals surface area contributed by atoms with Gasteiger partial charge in [0.15, 0.2) is 8.64 Å². The summed E-state index contributed by atoms with van der Waals surface area (Å²) in [5.41, 5.74) is 1.66. The van der Waals surface area contributed by atoms with Crippen molar-refractivity contribution in [3.05, 3.63) is 69.5 Å². The van der Waals surface area contributed by atoms with E-state index in [4.69, 9.17) is 33.9 Å². The molecule has 0 radical (unpaired) electrons. The quantitative estimate of drug-likeness (QED) is 0.225. The number of anilines is 2. The Balaban J connectivity index is 1.53. The molecule has 2 saturated heterocycles. The summed E-state index contributed by atoms with van der Waals surface area (Å²) in [6.45, 7) is 4.45. The topological polar surface area (TPSA) is 93.2 Å². The molecular weight excluding hydrogens is 565 g/mol. The highest BCUT2D eigenvalue weighted by molar-refractivity contribution is 8.30. The van der Waals surface area contributed by atoms with Gasteiger partial charge in [0, 0.05) is 0 Å². The van der Waals surface area contributed by atoms with Crippen LogP contribution in [0.15, 0.2) is 58.3 Å². The smallest absolute Gasteiger partial charge is 0.338 e. The molecule has 8 nitrogen and oxygen atoms in total. The van der Waals surface area contributed by atoms with Crippen LogP contribution in [0.25, 0.3) is 0 Å². The molecule has 0 spiro atoms. The van der Waals surface area contributed by atoms with Crippen molar-refractivity contribution < 1.29 is 28.7 Å². The predicted octanol–water partition coefficient (Wildman–Crippen LogP) is 5.46. The monoisotopic (exact) mass is 586 g/mol. The molecule has 2 fully saturated rings. The van der Waals surface area contributed by atoms with Crippen molar-refractivity contribution in [2.45, 2.75) is 26.7 Å². The van der Waals surface area contributed by atoms with E-state index in [-0.39, 0.29) is 18.5 Å². The molecule has 38 heavy (non-hydrogen) atoms. The molecule has 0 bridgehead atoms. The Morgan fingerprint density at radius 3 is 1.34 bits per heavy atom. The van der Waals surface area contributed by atoms with E-state index >= 15 is 0 Å². The van der Waals surface area contributed by atoms with E-state index in [1.54, 1.807) is 48.5 Å². The maximum Gasteiger partial charge on any atom is 0.338 e. The maximum absolute atomic E-state index is 13.4. The van der Waals surface area contributed by atoms with Crippen LogP contribution in [0.2, 0.25) is 0 Å². The minimum Gasteiger partial charge on any atom is -0.462 e. The molecule has 2 aliphatic heterocycles. The van der Waals surface area contributed by atoms with Gasteiger partial charge in [0.05, 0.1) is 45.5 Å². The van der Waals surface area contributed by atoms with Gasteiger partial charge in [0.1, 0.15) is 0 Å². The molecule has 0 N–H and O–H groups in total. The number of carbonyl (C=O) groups is 4. The zero-order valence-electron chi connectivity index (χ0n) is 20.4. The number of hydrogen-bond donors (Lipinski definition) is 0. The highest BCUT2D eigenvalue weighted by atomic mass is 32.2. The van der Waals surface area contributed by atoms with Crippen molar-refractivity contribution >= 4 is 91.7 Å². The summed E-state index contributed by atoms with van der Waals surface area (Å²) in [6.07, 6.45) is 1.43. The number of carbonyl (C=O) groups excluding carboxylic acids is 4. The summed E-state index contributed by atoms with van der Waals surface area (Å²) >= 11 is 12.9. The molecule has 0 aliphatic carbocycles. The average molecular weight is 587 g/mol. The molecule has 0 atom stereocenters. The van der Waals surface area contributed by atoms with Gasteiger partial charge in [0.25, 0.3) is 11.8 Å². The first kappa shape index (κ1) is 28.0. The highest BCUT2D eigenvalue weighted by Crippen LogP contribution is 2.44. The number of benzene rings is 2. The van der Waals surface area contributed by atoms with Gasteiger partial charge in [-0.05, 0) is 61.4 Å². The van der Waals surface area contributed by atoms with E-state index in [0.717, 1.165) is 23.5 Å². The van der Waals surface area contributed by atoms with Gasteiger partial charge in [-0.25, -0.2) is 9.59 Å². The van der Waals surface area contributed by atoms with Gasteiger partial charge in [-0.3, -0.25) is 19.4 Å². The zero-order valence-corrected chi connectivity index (χ0v) is 23.7. The Morgan fingerprint density at radius 2 is 1.03 bits per heavy atom. The molecule has 196 valence electrons. The second-order valence-electron chi connectivity index (χ2n) is 8.04. The van der Waals surface area contributed by atoms with Crippen molar-refractivity contribution in [2.24, 2.45) is 0 Å². The summed E-state index contributed by atoms with van der Waals surface area (Å²) < 4.78 is 10.8. The number of thiocarbonyl (C=S) groups is 2. The lowest BCUT2D eigenvalue weighted by Gasteiger charge is -2.15. The van der Waals surface area contributed by atoms with E-state index in [0.29, 0.717) is 48.6 Å². The van der Waals surface area contributed by atoms with Crippen molar-refractivity contribution in [3.63, 3.8) is 0 Å². The highest BCUT2D eigenvalue weighted by Gasteiger charge is 2.43.